The van der Waals surface area contributed by atoms with Crippen LogP contribution in [0.1, 0.15) is 90.3 Å². The van der Waals surface area contributed by atoms with Crippen LogP contribution < -0.4 is 10.2 Å². The zero-order valence-corrected chi connectivity index (χ0v) is 39.5. The Labute approximate surface area is 396 Å². The molecule has 9 rings (SSSR count). The monoisotopic (exact) mass is 929 g/mol. The van der Waals surface area contributed by atoms with Gasteiger partial charge in [-0.25, -0.2) is 0 Å². The summed E-state index contributed by atoms with van der Waals surface area (Å²) in [5.74, 6) is -0.173. The maximum atomic E-state index is 14.1. The number of allylic oxidation sites excluding steroid dienone is 5. The highest BCUT2D eigenvalue weighted by molar-refractivity contribution is 7.99. The van der Waals surface area contributed by atoms with Crippen LogP contribution in [0.5, 0.6) is 0 Å². The van der Waals surface area contributed by atoms with Crippen LogP contribution in [0.4, 0.5) is 5.69 Å². The van der Waals surface area contributed by atoms with Gasteiger partial charge in [-0.1, -0.05) is 32.9 Å². The van der Waals surface area contributed by atoms with Gasteiger partial charge in [0.1, 0.15) is 12.6 Å². The Hall–Kier alpha value is -5.44. The second-order valence-electron chi connectivity index (χ2n) is 18.6. The predicted octanol–water partition coefficient (Wildman–Crippen LogP) is 4.93. The number of nitrogens with zero attached hydrogens (tertiary/aromatic N) is 6. The fourth-order valence-corrected chi connectivity index (χ4v) is 11.6. The van der Waals surface area contributed by atoms with E-state index in [-0.39, 0.29) is 36.5 Å². The van der Waals surface area contributed by atoms with Gasteiger partial charge in [0.05, 0.1) is 61.7 Å². The van der Waals surface area contributed by atoms with Gasteiger partial charge in [0, 0.05) is 91.2 Å². The fourth-order valence-electron chi connectivity index (χ4n) is 10.6. The molecule has 0 saturated carbocycles. The molecule has 2 aromatic carbocycles. The number of aryl methyl sites for hydroxylation is 1. The van der Waals surface area contributed by atoms with Gasteiger partial charge in [-0.3, -0.25) is 39.2 Å². The molecular formula is C51H59N7O8S. The number of rotatable bonds is 16. The summed E-state index contributed by atoms with van der Waals surface area (Å²) in [5.41, 5.74) is 9.03. The first-order valence-electron chi connectivity index (χ1n) is 23.7. The highest BCUT2D eigenvalue weighted by Crippen LogP contribution is 2.47. The SMILES string of the molecule is CCc1cc2c(cc1N1CCC(N3CCN(C(=O)COCCOCCOCCSc4cccc5c4CN(C4CCC(=O)NC4=O)C5=O)CC3)CC1)C(C)(C)C1=NC3=CC(C#N)=CCC3=C1C2=O. The van der Waals surface area contributed by atoms with Gasteiger partial charge in [0.2, 0.25) is 17.7 Å². The van der Waals surface area contributed by atoms with E-state index in [1.807, 2.05) is 23.1 Å². The van der Waals surface area contributed by atoms with Crippen molar-refractivity contribution < 1.29 is 38.2 Å². The largest absolute Gasteiger partial charge is 0.378 e. The van der Waals surface area contributed by atoms with Crippen LogP contribution in [0, 0.1) is 11.3 Å². The Morgan fingerprint density at radius 1 is 0.940 bits per heavy atom. The van der Waals surface area contributed by atoms with Crippen molar-refractivity contribution in [2.75, 3.05) is 89.6 Å². The number of Topliss-reactive ketones (excluding diaryl/α,β-unsaturated/α-hetero) is 1. The lowest BCUT2D eigenvalue weighted by Crippen LogP contribution is -2.55. The van der Waals surface area contributed by atoms with E-state index in [0.717, 1.165) is 84.0 Å². The number of aliphatic imine (C=N–C) groups is 1. The first-order chi connectivity index (χ1) is 32.5. The maximum absolute atomic E-state index is 14.1. The number of carbonyl (C=O) groups excluding carboxylic acids is 5. The number of piperidine rings is 2. The average molecular weight is 930 g/mol. The van der Waals surface area contributed by atoms with E-state index in [4.69, 9.17) is 19.2 Å². The lowest BCUT2D eigenvalue weighted by Gasteiger charge is -2.44. The smallest absolute Gasteiger partial charge is 0.255 e. The minimum atomic E-state index is -0.637. The molecule has 2 aromatic rings. The van der Waals surface area contributed by atoms with E-state index in [0.29, 0.717) is 94.0 Å². The van der Waals surface area contributed by atoms with Crippen molar-refractivity contribution in [3.63, 3.8) is 0 Å². The molecule has 3 fully saturated rings. The van der Waals surface area contributed by atoms with E-state index < -0.39 is 17.4 Å². The van der Waals surface area contributed by atoms with Gasteiger partial charge in [-0.05, 0) is 84.7 Å². The summed E-state index contributed by atoms with van der Waals surface area (Å²) in [6.07, 6.45) is 7.68. The van der Waals surface area contributed by atoms with Crippen LogP contribution in [0.15, 0.2) is 74.8 Å². The van der Waals surface area contributed by atoms with Crippen LogP contribution in [-0.4, -0.2) is 147 Å². The summed E-state index contributed by atoms with van der Waals surface area (Å²) in [4.78, 5) is 78.7. The average Bonchev–Trinajstić information content (AvgIpc) is 3.90. The minimum Gasteiger partial charge on any atom is -0.378 e. The van der Waals surface area contributed by atoms with E-state index in [1.54, 1.807) is 28.8 Å². The molecule has 7 aliphatic rings. The number of carbonyl (C=O) groups is 5. The van der Waals surface area contributed by atoms with Crippen LogP contribution in [0.2, 0.25) is 0 Å². The second-order valence-corrected chi connectivity index (χ2v) is 19.7. The molecular weight excluding hydrogens is 871 g/mol. The lowest BCUT2D eigenvalue weighted by molar-refractivity contribution is -0.139. The van der Waals surface area contributed by atoms with Crippen LogP contribution in [-0.2, 0) is 47.0 Å². The first-order valence-corrected chi connectivity index (χ1v) is 24.7. The summed E-state index contributed by atoms with van der Waals surface area (Å²) in [6.45, 7) is 13.8. The number of thioether (sulfide) groups is 1. The Morgan fingerprint density at radius 2 is 1.69 bits per heavy atom. The van der Waals surface area contributed by atoms with E-state index in [9.17, 15) is 29.2 Å². The Morgan fingerprint density at radius 3 is 2.42 bits per heavy atom. The highest BCUT2D eigenvalue weighted by Gasteiger charge is 2.46. The molecule has 0 spiro atoms. The van der Waals surface area contributed by atoms with E-state index in [2.05, 4.69) is 54.1 Å². The zero-order valence-electron chi connectivity index (χ0n) is 38.7. The molecule has 352 valence electrons. The van der Waals surface area contributed by atoms with Crippen LogP contribution >= 0.6 is 11.8 Å². The van der Waals surface area contributed by atoms with Crippen molar-refractivity contribution in [1.82, 2.24) is 20.0 Å². The number of ether oxygens (including phenoxy) is 3. The molecule has 1 N–H and O–H groups in total. The number of amides is 4. The highest BCUT2D eigenvalue weighted by atomic mass is 32.2. The summed E-state index contributed by atoms with van der Waals surface area (Å²) < 4.78 is 17.1. The number of fused-ring (bicyclic) bond motifs is 4. The van der Waals surface area contributed by atoms with Crippen molar-refractivity contribution >= 4 is 52.6 Å². The number of nitriles is 1. The van der Waals surface area contributed by atoms with Gasteiger partial charge in [0.25, 0.3) is 5.91 Å². The third-order valence-electron chi connectivity index (χ3n) is 14.3. The third kappa shape index (κ3) is 9.41. The normalized spacial score (nSPS) is 21.6. The Balaban J connectivity index is 0.651. The molecule has 16 heteroatoms. The molecule has 15 nitrogen and oxygen atoms in total. The standard InChI is InChI=1S/C51H59N7O8S/c1-4-33-27-37-39(51(2,3)48-46(47(37)61)36-9-8-32(29-52)26-40(36)53-48)28-42(33)56-14-12-34(13-15-56)55-16-18-57(19-17-55)45(60)31-66-23-22-64-20-21-65-24-25-67-43-7-5-6-35-38(43)30-58(50(35)63)41-10-11-44(59)54-49(41)62/h5-8,26-28,34,41H,4,9-25,30-31H2,1-3H3,(H,54,59,62). The molecule has 5 aliphatic heterocycles. The molecule has 67 heavy (non-hydrogen) atoms. The predicted molar refractivity (Wildman–Crippen MR) is 253 cm³/mol. The van der Waals surface area contributed by atoms with Gasteiger partial charge < -0.3 is 28.9 Å². The molecule has 0 radical (unpaired) electrons. The number of hydrogen-bond acceptors (Lipinski definition) is 13. The molecule has 1 unspecified atom stereocenters. The molecule has 1 atom stereocenters. The number of benzene rings is 2. The Kier molecular flexibility index (Phi) is 14.0. The number of ketones is 1. The minimum absolute atomic E-state index is 0.000673. The second kappa shape index (κ2) is 20.0. The number of piperazine rings is 1. The van der Waals surface area contributed by atoms with Gasteiger partial charge >= 0.3 is 0 Å². The fraction of sp³-hybridized carbons (Fsp3) is 0.510. The summed E-state index contributed by atoms with van der Waals surface area (Å²) >= 11 is 1.60. The maximum Gasteiger partial charge on any atom is 0.255 e. The lowest BCUT2D eigenvalue weighted by atomic mass is 9.67. The number of imide groups is 1. The molecule has 0 bridgehead atoms. The van der Waals surface area contributed by atoms with Crippen molar-refractivity contribution in [3.05, 3.63) is 92.7 Å². The first kappa shape index (κ1) is 46.7. The van der Waals surface area contributed by atoms with Crippen molar-refractivity contribution in [2.45, 2.75) is 88.2 Å². The van der Waals surface area contributed by atoms with Crippen LogP contribution in [0.25, 0.3) is 0 Å². The number of anilines is 1. The summed E-state index contributed by atoms with van der Waals surface area (Å²) in [5, 5.41) is 11.8. The molecule has 5 heterocycles. The van der Waals surface area contributed by atoms with Crippen molar-refractivity contribution in [1.29, 1.82) is 5.26 Å². The molecule has 3 saturated heterocycles. The quantitative estimate of drug-likeness (QED) is 0.137. The van der Waals surface area contributed by atoms with E-state index in [1.165, 1.54) is 11.3 Å². The summed E-state index contributed by atoms with van der Waals surface area (Å²) in [7, 11) is 0. The number of hydrogen-bond donors (Lipinski definition) is 1. The van der Waals surface area contributed by atoms with Crippen molar-refractivity contribution in [3.8, 4) is 6.07 Å². The third-order valence-corrected chi connectivity index (χ3v) is 15.4. The topological polar surface area (TPSA) is 174 Å². The van der Waals surface area contributed by atoms with Crippen molar-refractivity contribution in [2.24, 2.45) is 4.99 Å². The zero-order chi connectivity index (χ0) is 46.8. The van der Waals surface area contributed by atoms with Gasteiger partial charge in [0.15, 0.2) is 5.78 Å². The summed E-state index contributed by atoms with van der Waals surface area (Å²) in [6, 6.07) is 12.0. The van der Waals surface area contributed by atoms with Crippen LogP contribution in [0.3, 0.4) is 0 Å². The Bertz CT molecular complexity index is 2520. The molecule has 2 aliphatic carbocycles. The molecule has 4 amide bonds. The molecule has 0 aromatic heterocycles. The number of nitrogens with one attached hydrogen (secondary N) is 1. The van der Waals surface area contributed by atoms with Gasteiger partial charge in [-0.2, -0.15) is 5.26 Å². The van der Waals surface area contributed by atoms with E-state index >= 15 is 0 Å². The van der Waals surface area contributed by atoms with Gasteiger partial charge in [-0.15, -0.1) is 11.8 Å².